The van der Waals surface area contributed by atoms with Crippen molar-refractivity contribution in [2.45, 2.75) is 6.42 Å². The molecule has 2 aliphatic rings. The van der Waals surface area contributed by atoms with Crippen LogP contribution in [0.25, 0.3) is 12.2 Å². The van der Waals surface area contributed by atoms with Crippen molar-refractivity contribution in [1.29, 1.82) is 0 Å². The zero-order chi connectivity index (χ0) is 13.0. The van der Waals surface area contributed by atoms with Crippen LogP contribution in [-0.4, -0.2) is 4.98 Å². The number of aromatic nitrogens is 1. The minimum absolute atomic E-state index is 0.0261. The number of hydrogen-bond donors (Lipinski definition) is 2. The predicted molar refractivity (Wildman–Crippen MR) is 75.7 cm³/mol. The molecule has 0 bridgehead atoms. The summed E-state index contributed by atoms with van der Waals surface area (Å²) < 4.78 is 0. The summed E-state index contributed by atoms with van der Waals surface area (Å²) in [4.78, 5) is 15.1. The summed E-state index contributed by atoms with van der Waals surface area (Å²) >= 11 is 0. The van der Waals surface area contributed by atoms with Crippen molar-refractivity contribution in [2.24, 2.45) is 0 Å². The molecule has 1 heterocycles. The SMILES string of the molecule is Nc1ccc2c(c1)=c1[nH]c(=O)c3c(c1C=2)CC=CC=3. The third-order valence-electron chi connectivity index (χ3n) is 3.77. The lowest BCUT2D eigenvalue weighted by atomic mass is 10.0. The number of hydrogen-bond acceptors (Lipinski definition) is 2. The topological polar surface area (TPSA) is 58.9 Å². The summed E-state index contributed by atoms with van der Waals surface area (Å²) in [5, 5.41) is 3.81. The van der Waals surface area contributed by atoms with E-state index in [-0.39, 0.29) is 5.56 Å². The van der Waals surface area contributed by atoms with Crippen LogP contribution in [0.15, 0.2) is 35.1 Å². The quantitative estimate of drug-likeness (QED) is 0.561. The van der Waals surface area contributed by atoms with E-state index in [1.54, 1.807) is 0 Å². The molecular weight excluding hydrogens is 236 g/mol. The van der Waals surface area contributed by atoms with Gasteiger partial charge >= 0.3 is 0 Å². The van der Waals surface area contributed by atoms with Crippen LogP contribution in [0.2, 0.25) is 0 Å². The van der Waals surface area contributed by atoms with E-state index in [0.717, 1.165) is 38.6 Å². The smallest absolute Gasteiger partial charge is 0.256 e. The van der Waals surface area contributed by atoms with Crippen molar-refractivity contribution in [1.82, 2.24) is 4.98 Å². The van der Waals surface area contributed by atoms with Gasteiger partial charge in [0.1, 0.15) is 0 Å². The molecule has 2 aromatic rings. The summed E-state index contributed by atoms with van der Waals surface area (Å²) in [5.41, 5.74) is 8.76. The van der Waals surface area contributed by atoms with Crippen LogP contribution in [0, 0.1) is 10.6 Å². The number of aromatic amines is 1. The molecule has 4 rings (SSSR count). The van der Waals surface area contributed by atoms with E-state index in [2.05, 4.69) is 17.1 Å². The van der Waals surface area contributed by atoms with Gasteiger partial charge in [0.05, 0.1) is 5.35 Å². The zero-order valence-corrected chi connectivity index (χ0v) is 10.2. The first-order chi connectivity index (χ1) is 9.24. The van der Waals surface area contributed by atoms with E-state index in [4.69, 9.17) is 5.73 Å². The first kappa shape index (κ1) is 10.4. The Hall–Kier alpha value is -2.55. The van der Waals surface area contributed by atoms with Gasteiger partial charge in [0.15, 0.2) is 0 Å². The largest absolute Gasteiger partial charge is 0.399 e. The van der Waals surface area contributed by atoms with Gasteiger partial charge in [-0.1, -0.05) is 18.2 Å². The van der Waals surface area contributed by atoms with Gasteiger partial charge in [-0.15, -0.1) is 0 Å². The third-order valence-corrected chi connectivity index (χ3v) is 3.77. The van der Waals surface area contributed by atoms with Crippen molar-refractivity contribution < 1.29 is 0 Å². The fourth-order valence-electron chi connectivity index (χ4n) is 2.87. The van der Waals surface area contributed by atoms with Gasteiger partial charge < -0.3 is 10.7 Å². The molecule has 1 aromatic heterocycles. The molecule has 0 fully saturated rings. The Kier molecular flexibility index (Phi) is 1.90. The first-order valence-corrected chi connectivity index (χ1v) is 6.28. The fourth-order valence-corrected chi connectivity index (χ4v) is 2.87. The minimum Gasteiger partial charge on any atom is -0.399 e. The number of nitrogen functional groups attached to an aromatic ring is 1. The summed E-state index contributed by atoms with van der Waals surface area (Å²) in [6, 6.07) is 5.80. The molecule has 0 unspecified atom stereocenters. The highest BCUT2D eigenvalue weighted by molar-refractivity contribution is 5.62. The molecule has 0 spiro atoms. The Bertz CT molecular complexity index is 1010. The van der Waals surface area contributed by atoms with E-state index < -0.39 is 0 Å². The molecule has 0 aliphatic heterocycles. The van der Waals surface area contributed by atoms with E-state index in [1.807, 2.05) is 30.4 Å². The number of anilines is 1. The normalized spacial score (nSPS) is 14.1. The maximum absolute atomic E-state index is 12.2. The van der Waals surface area contributed by atoms with Crippen molar-refractivity contribution in [3.63, 3.8) is 0 Å². The minimum atomic E-state index is -0.0261. The molecule has 0 amide bonds. The Morgan fingerprint density at radius 2 is 2.16 bits per heavy atom. The highest BCUT2D eigenvalue weighted by Gasteiger charge is 2.12. The second kappa shape index (κ2) is 3.48. The molecule has 0 atom stereocenters. The van der Waals surface area contributed by atoms with Crippen molar-refractivity contribution >= 4 is 17.8 Å². The van der Waals surface area contributed by atoms with Gasteiger partial charge in [0.25, 0.3) is 5.56 Å². The van der Waals surface area contributed by atoms with Crippen LogP contribution in [0.5, 0.6) is 0 Å². The van der Waals surface area contributed by atoms with Crippen LogP contribution in [-0.2, 0) is 6.42 Å². The molecule has 0 radical (unpaired) electrons. The van der Waals surface area contributed by atoms with Gasteiger partial charge in [0, 0.05) is 21.7 Å². The Balaban J connectivity index is 2.31. The Morgan fingerprint density at radius 1 is 1.26 bits per heavy atom. The average Bonchev–Trinajstić information content (AvgIpc) is 2.78. The van der Waals surface area contributed by atoms with E-state index in [9.17, 15) is 4.79 Å². The number of rotatable bonds is 0. The maximum Gasteiger partial charge on any atom is 0.256 e. The molecule has 1 aromatic carbocycles. The first-order valence-electron chi connectivity index (χ1n) is 6.28. The molecule has 0 saturated carbocycles. The standard InChI is InChI=1S/C16H12N2O/c17-10-6-5-9-7-14-11-3-1-2-4-12(11)16(19)18-15(14)13(9)8-10/h1-2,4-8H,3,17H2,(H,18,19). The monoisotopic (exact) mass is 248 g/mol. The van der Waals surface area contributed by atoms with Crippen molar-refractivity contribution in [2.75, 3.05) is 5.73 Å². The molecule has 3 heteroatoms. The fraction of sp³-hybridized carbons (Fsp3) is 0.0625. The van der Waals surface area contributed by atoms with E-state index in [1.165, 1.54) is 0 Å². The lowest BCUT2D eigenvalue weighted by molar-refractivity contribution is 1.07. The molecule has 2 aliphatic carbocycles. The number of nitrogens with two attached hydrogens (primary N) is 1. The molecule has 19 heavy (non-hydrogen) atoms. The number of allylic oxidation sites excluding steroid dienone is 2. The van der Waals surface area contributed by atoms with E-state index >= 15 is 0 Å². The van der Waals surface area contributed by atoms with E-state index in [0.29, 0.717) is 5.69 Å². The van der Waals surface area contributed by atoms with Gasteiger partial charge in [0.2, 0.25) is 0 Å². The summed E-state index contributed by atoms with van der Waals surface area (Å²) in [7, 11) is 0. The summed E-state index contributed by atoms with van der Waals surface area (Å²) in [6.45, 7) is 0. The predicted octanol–water partition coefficient (Wildman–Crippen LogP) is 0.279. The maximum atomic E-state index is 12.2. The van der Waals surface area contributed by atoms with Crippen LogP contribution in [0.3, 0.4) is 0 Å². The lowest BCUT2D eigenvalue weighted by Gasteiger charge is -2.06. The number of H-pyrrole nitrogens is 1. The zero-order valence-electron chi connectivity index (χ0n) is 10.2. The number of fused-ring (bicyclic) bond motifs is 4. The molecule has 3 nitrogen and oxygen atoms in total. The van der Waals surface area contributed by atoms with Gasteiger partial charge in [-0.2, -0.15) is 0 Å². The summed E-state index contributed by atoms with van der Waals surface area (Å²) in [5.74, 6) is 0. The van der Waals surface area contributed by atoms with Gasteiger partial charge in [-0.25, -0.2) is 0 Å². The van der Waals surface area contributed by atoms with Gasteiger partial charge in [-0.05, 0) is 41.5 Å². The molecular formula is C16H12N2O. The highest BCUT2D eigenvalue weighted by Crippen LogP contribution is 2.13. The number of nitrogens with one attached hydrogen (secondary N) is 1. The van der Waals surface area contributed by atoms with Crippen LogP contribution < -0.4 is 21.7 Å². The number of benzene rings is 1. The molecule has 3 N–H and O–H groups in total. The Labute approximate surface area is 108 Å². The summed E-state index contributed by atoms with van der Waals surface area (Å²) in [6.07, 6.45) is 8.82. The number of pyridine rings is 1. The second-order valence-electron chi connectivity index (χ2n) is 4.92. The molecule has 0 saturated heterocycles. The average molecular weight is 248 g/mol. The lowest BCUT2D eigenvalue weighted by Crippen LogP contribution is -2.33. The molecule has 92 valence electrons. The third kappa shape index (κ3) is 1.35. The van der Waals surface area contributed by atoms with Crippen LogP contribution in [0.4, 0.5) is 5.69 Å². The van der Waals surface area contributed by atoms with Crippen LogP contribution in [0.1, 0.15) is 11.1 Å². The van der Waals surface area contributed by atoms with Crippen molar-refractivity contribution in [3.8, 4) is 0 Å². The van der Waals surface area contributed by atoms with Crippen LogP contribution >= 0.6 is 0 Å². The van der Waals surface area contributed by atoms with Crippen molar-refractivity contribution in [3.05, 3.63) is 72.8 Å². The van der Waals surface area contributed by atoms with Gasteiger partial charge in [-0.3, -0.25) is 4.79 Å². The highest BCUT2D eigenvalue weighted by atomic mass is 16.1. The Morgan fingerprint density at radius 3 is 3.05 bits per heavy atom. The second-order valence-corrected chi connectivity index (χ2v) is 4.92.